The Balaban J connectivity index is 1.55. The zero-order chi connectivity index (χ0) is 20.6. The van der Waals surface area contributed by atoms with Gasteiger partial charge in [-0.05, 0) is 25.8 Å². The molecule has 1 aliphatic rings. The van der Waals surface area contributed by atoms with Crippen molar-refractivity contribution >= 4 is 11.8 Å². The summed E-state index contributed by atoms with van der Waals surface area (Å²) in [6, 6.07) is 9.97. The number of likely N-dealkylation sites (N-methyl/N-ethyl adjacent to an activating group) is 1. The van der Waals surface area contributed by atoms with Crippen molar-refractivity contribution in [1.82, 2.24) is 29.7 Å². The highest BCUT2D eigenvalue weighted by molar-refractivity contribution is 5.92. The normalized spacial score (nSPS) is 15.2. The largest absolute Gasteiger partial charge is 0.342 e. The molecule has 2 aromatic rings. The molecule has 3 rings (SSSR count). The van der Waals surface area contributed by atoms with Crippen LogP contribution in [0.5, 0.6) is 0 Å². The lowest BCUT2D eigenvalue weighted by atomic mass is 10.2. The van der Waals surface area contributed by atoms with Crippen LogP contribution in [0.2, 0.25) is 0 Å². The van der Waals surface area contributed by atoms with Gasteiger partial charge in [-0.2, -0.15) is 0 Å². The second-order valence-electron chi connectivity index (χ2n) is 7.27. The van der Waals surface area contributed by atoms with Gasteiger partial charge in [0.05, 0.1) is 19.3 Å². The van der Waals surface area contributed by atoms with Gasteiger partial charge in [-0.3, -0.25) is 14.5 Å². The molecule has 8 nitrogen and oxygen atoms in total. The fraction of sp³-hybridized carbons (Fsp3) is 0.524. The molecule has 0 saturated carbocycles. The van der Waals surface area contributed by atoms with Gasteiger partial charge in [-0.25, -0.2) is 4.68 Å². The Morgan fingerprint density at radius 2 is 1.79 bits per heavy atom. The molecule has 0 bridgehead atoms. The van der Waals surface area contributed by atoms with Crippen molar-refractivity contribution < 1.29 is 9.59 Å². The molecule has 0 radical (unpaired) electrons. The van der Waals surface area contributed by atoms with Gasteiger partial charge in [0, 0.05) is 39.3 Å². The van der Waals surface area contributed by atoms with Gasteiger partial charge in [0.2, 0.25) is 5.91 Å². The maximum absolute atomic E-state index is 12.9. The summed E-state index contributed by atoms with van der Waals surface area (Å²) in [5, 5.41) is 8.18. The lowest BCUT2D eigenvalue weighted by Crippen LogP contribution is -2.42. The monoisotopic (exact) mass is 398 g/mol. The van der Waals surface area contributed by atoms with Gasteiger partial charge in [-0.1, -0.05) is 35.5 Å². The highest BCUT2D eigenvalue weighted by atomic mass is 16.2. The topological polar surface area (TPSA) is 74.6 Å². The number of hydrogen-bond acceptors (Lipinski definition) is 5. The minimum Gasteiger partial charge on any atom is -0.342 e. The zero-order valence-electron chi connectivity index (χ0n) is 17.3. The van der Waals surface area contributed by atoms with Crippen molar-refractivity contribution in [1.29, 1.82) is 0 Å². The summed E-state index contributed by atoms with van der Waals surface area (Å²) in [7, 11) is 0. The van der Waals surface area contributed by atoms with E-state index in [4.69, 9.17) is 0 Å². The highest BCUT2D eigenvalue weighted by Gasteiger charge is 2.24. The molecular weight excluding hydrogens is 368 g/mol. The first-order valence-corrected chi connectivity index (χ1v) is 10.3. The Labute approximate surface area is 172 Å². The third-order valence-electron chi connectivity index (χ3n) is 5.30. The van der Waals surface area contributed by atoms with E-state index < -0.39 is 0 Å². The second kappa shape index (κ2) is 10.2. The van der Waals surface area contributed by atoms with Crippen molar-refractivity contribution in [3.05, 3.63) is 47.8 Å². The third-order valence-corrected chi connectivity index (χ3v) is 5.30. The van der Waals surface area contributed by atoms with Crippen LogP contribution in [0.1, 0.15) is 36.3 Å². The molecule has 8 heteroatoms. The molecule has 0 spiro atoms. The number of benzene rings is 1. The van der Waals surface area contributed by atoms with E-state index in [1.165, 1.54) is 0 Å². The van der Waals surface area contributed by atoms with Crippen molar-refractivity contribution in [3.63, 3.8) is 0 Å². The summed E-state index contributed by atoms with van der Waals surface area (Å²) in [4.78, 5) is 31.0. The Hall–Kier alpha value is -2.74. The van der Waals surface area contributed by atoms with E-state index in [0.717, 1.165) is 31.6 Å². The van der Waals surface area contributed by atoms with Crippen LogP contribution in [-0.2, 0) is 11.3 Å². The van der Waals surface area contributed by atoms with Crippen molar-refractivity contribution in [2.45, 2.75) is 26.8 Å². The number of aromatic nitrogens is 3. The Kier molecular flexibility index (Phi) is 7.35. The molecule has 0 N–H and O–H groups in total. The van der Waals surface area contributed by atoms with Crippen molar-refractivity contribution in [2.24, 2.45) is 0 Å². The first-order chi connectivity index (χ1) is 14.1. The molecule has 2 heterocycles. The lowest BCUT2D eigenvalue weighted by molar-refractivity contribution is -0.132. The summed E-state index contributed by atoms with van der Waals surface area (Å²) in [5.74, 6) is 0.0554. The molecule has 29 heavy (non-hydrogen) atoms. The van der Waals surface area contributed by atoms with Gasteiger partial charge in [0.1, 0.15) is 0 Å². The van der Waals surface area contributed by atoms with Crippen LogP contribution in [-0.4, -0.2) is 87.3 Å². The van der Waals surface area contributed by atoms with Gasteiger partial charge >= 0.3 is 0 Å². The molecule has 0 aliphatic carbocycles. The molecule has 1 aromatic heterocycles. The quantitative estimate of drug-likeness (QED) is 0.704. The van der Waals surface area contributed by atoms with Gasteiger partial charge in [-0.15, -0.1) is 5.10 Å². The average molecular weight is 399 g/mol. The molecule has 1 aromatic carbocycles. The van der Waals surface area contributed by atoms with Crippen LogP contribution in [0.25, 0.3) is 0 Å². The number of amides is 2. The molecule has 0 atom stereocenters. The average Bonchev–Trinajstić information content (AvgIpc) is 3.07. The maximum atomic E-state index is 12.9. The van der Waals surface area contributed by atoms with Crippen molar-refractivity contribution in [3.8, 4) is 0 Å². The number of carbonyl (C=O) groups is 2. The molecule has 1 fully saturated rings. The van der Waals surface area contributed by atoms with E-state index in [9.17, 15) is 9.59 Å². The Morgan fingerprint density at radius 1 is 1.03 bits per heavy atom. The van der Waals surface area contributed by atoms with E-state index in [1.807, 2.05) is 54.0 Å². The van der Waals surface area contributed by atoms with Crippen LogP contribution in [0, 0.1) is 0 Å². The Bertz CT molecular complexity index is 803. The number of rotatable bonds is 7. The number of carbonyl (C=O) groups excluding carboxylic acids is 2. The fourth-order valence-corrected chi connectivity index (χ4v) is 3.61. The maximum Gasteiger partial charge on any atom is 0.276 e. The summed E-state index contributed by atoms with van der Waals surface area (Å²) < 4.78 is 1.69. The molecule has 0 unspecified atom stereocenters. The third kappa shape index (κ3) is 5.63. The predicted octanol–water partition coefficient (Wildman–Crippen LogP) is 1.34. The van der Waals surface area contributed by atoms with Crippen molar-refractivity contribution in [2.75, 3.05) is 45.8 Å². The predicted molar refractivity (Wildman–Crippen MR) is 110 cm³/mol. The smallest absolute Gasteiger partial charge is 0.276 e. The first-order valence-electron chi connectivity index (χ1n) is 10.3. The second-order valence-corrected chi connectivity index (χ2v) is 7.27. The molecule has 156 valence electrons. The summed E-state index contributed by atoms with van der Waals surface area (Å²) in [6.07, 6.45) is 2.55. The molecule has 2 amide bonds. The highest BCUT2D eigenvalue weighted by Crippen LogP contribution is 2.09. The zero-order valence-corrected chi connectivity index (χ0v) is 17.3. The van der Waals surface area contributed by atoms with E-state index in [1.54, 1.807) is 10.9 Å². The summed E-state index contributed by atoms with van der Waals surface area (Å²) in [5.41, 5.74) is 1.48. The SMILES string of the molecule is CCN(CC)C(=O)CN1CCCN(C(=O)c2cn(Cc3ccccc3)nn2)CC1. The van der Waals surface area contributed by atoms with Gasteiger partial charge in [0.15, 0.2) is 5.69 Å². The van der Waals surface area contributed by atoms with E-state index >= 15 is 0 Å². The van der Waals surface area contributed by atoms with E-state index in [0.29, 0.717) is 38.4 Å². The minimum absolute atomic E-state index is 0.0961. The van der Waals surface area contributed by atoms with E-state index in [2.05, 4.69) is 15.2 Å². The molecular formula is C21H30N6O2. The fourth-order valence-electron chi connectivity index (χ4n) is 3.61. The van der Waals surface area contributed by atoms with Crippen LogP contribution in [0.15, 0.2) is 36.5 Å². The number of hydrogen-bond donors (Lipinski definition) is 0. The van der Waals surface area contributed by atoms with Crippen LogP contribution >= 0.6 is 0 Å². The van der Waals surface area contributed by atoms with E-state index in [-0.39, 0.29) is 11.8 Å². The van der Waals surface area contributed by atoms with Gasteiger partial charge in [0.25, 0.3) is 5.91 Å². The van der Waals surface area contributed by atoms with Crippen LogP contribution < -0.4 is 0 Å². The van der Waals surface area contributed by atoms with Crippen LogP contribution in [0.3, 0.4) is 0 Å². The van der Waals surface area contributed by atoms with Gasteiger partial charge < -0.3 is 9.80 Å². The number of nitrogens with zero attached hydrogens (tertiary/aromatic N) is 6. The minimum atomic E-state index is -0.0961. The lowest BCUT2D eigenvalue weighted by Gasteiger charge is -2.25. The van der Waals surface area contributed by atoms with Crippen LogP contribution in [0.4, 0.5) is 0 Å². The summed E-state index contributed by atoms with van der Waals surface area (Å²) in [6.45, 7) is 9.22. The first kappa shape index (κ1) is 21.0. The summed E-state index contributed by atoms with van der Waals surface area (Å²) >= 11 is 0. The standard InChI is InChI=1S/C21H30N6O2/c1-3-25(4-2)20(28)17-24-11-8-12-26(14-13-24)21(29)19-16-27(23-22-19)15-18-9-6-5-7-10-18/h5-7,9-10,16H,3-4,8,11-15,17H2,1-2H3. The molecule has 1 saturated heterocycles. The Morgan fingerprint density at radius 3 is 2.52 bits per heavy atom. The molecule has 1 aliphatic heterocycles.